The van der Waals surface area contributed by atoms with Crippen molar-refractivity contribution >= 4 is 34.8 Å². The van der Waals surface area contributed by atoms with Gasteiger partial charge < -0.3 is 10.6 Å². The Morgan fingerprint density at radius 2 is 1.45 bits per heavy atom. The molecule has 2 aromatic carbocycles. The maximum atomic E-state index is 12.4. The Bertz CT molecular complexity index is 907. The van der Waals surface area contributed by atoms with Gasteiger partial charge in [-0.3, -0.25) is 14.9 Å². The molecular weight excluding hydrogens is 382 g/mol. The average Bonchev–Trinajstić information content (AvgIpc) is 2.59. The SMILES string of the molecule is CC(C)(C)NC(=O)c1cccc(NC(=S)NC(=O)c2ccc(C(C)(C)C)cc2)c1. The van der Waals surface area contributed by atoms with Gasteiger partial charge >= 0.3 is 0 Å². The Morgan fingerprint density at radius 1 is 0.828 bits per heavy atom. The number of hydrogen-bond donors (Lipinski definition) is 3. The fourth-order valence-corrected chi connectivity index (χ4v) is 2.82. The van der Waals surface area contributed by atoms with Crippen molar-refractivity contribution in [3.8, 4) is 0 Å². The molecule has 0 bridgehead atoms. The van der Waals surface area contributed by atoms with Crippen LogP contribution in [0.2, 0.25) is 0 Å². The van der Waals surface area contributed by atoms with E-state index in [0.717, 1.165) is 5.56 Å². The van der Waals surface area contributed by atoms with Gasteiger partial charge in [-0.05, 0) is 74.3 Å². The van der Waals surface area contributed by atoms with Crippen LogP contribution in [0, 0.1) is 0 Å². The van der Waals surface area contributed by atoms with Crippen molar-refractivity contribution < 1.29 is 9.59 Å². The standard InChI is InChI=1S/C23H29N3O2S/c1-22(2,3)17-12-10-15(11-13-17)19(27)25-21(29)24-18-9-7-8-16(14-18)20(28)26-23(4,5)6/h7-14H,1-6H3,(H,26,28)(H2,24,25,27,29). The Hall–Kier alpha value is -2.73. The highest BCUT2D eigenvalue weighted by molar-refractivity contribution is 7.80. The third kappa shape index (κ3) is 6.98. The van der Waals surface area contributed by atoms with Crippen molar-refractivity contribution in [1.29, 1.82) is 0 Å². The fraction of sp³-hybridized carbons (Fsp3) is 0.348. The number of anilines is 1. The molecule has 0 heterocycles. The number of nitrogens with one attached hydrogen (secondary N) is 3. The molecule has 2 aromatic rings. The zero-order valence-electron chi connectivity index (χ0n) is 17.8. The van der Waals surface area contributed by atoms with E-state index >= 15 is 0 Å². The van der Waals surface area contributed by atoms with Gasteiger partial charge in [0.2, 0.25) is 0 Å². The number of rotatable bonds is 3. The lowest BCUT2D eigenvalue weighted by Crippen LogP contribution is -2.40. The first-order valence-electron chi connectivity index (χ1n) is 9.51. The summed E-state index contributed by atoms with van der Waals surface area (Å²) in [4.78, 5) is 24.8. The average molecular weight is 412 g/mol. The molecule has 0 aliphatic rings. The monoisotopic (exact) mass is 411 g/mol. The van der Waals surface area contributed by atoms with E-state index in [9.17, 15) is 9.59 Å². The molecular formula is C23H29N3O2S. The number of carbonyl (C=O) groups is 2. The maximum absolute atomic E-state index is 12.4. The molecule has 5 nitrogen and oxygen atoms in total. The van der Waals surface area contributed by atoms with Crippen molar-refractivity contribution in [2.45, 2.75) is 52.5 Å². The van der Waals surface area contributed by atoms with E-state index in [1.165, 1.54) is 0 Å². The first kappa shape index (κ1) is 22.6. The van der Waals surface area contributed by atoms with E-state index in [1.807, 2.05) is 32.9 Å². The molecule has 154 valence electrons. The largest absolute Gasteiger partial charge is 0.347 e. The van der Waals surface area contributed by atoms with E-state index in [1.54, 1.807) is 36.4 Å². The van der Waals surface area contributed by atoms with Crippen LogP contribution in [-0.2, 0) is 5.41 Å². The zero-order valence-corrected chi connectivity index (χ0v) is 18.7. The van der Waals surface area contributed by atoms with Gasteiger partial charge in [-0.15, -0.1) is 0 Å². The van der Waals surface area contributed by atoms with Gasteiger partial charge in [0.1, 0.15) is 0 Å². The molecule has 29 heavy (non-hydrogen) atoms. The molecule has 0 unspecified atom stereocenters. The molecule has 0 aromatic heterocycles. The van der Waals surface area contributed by atoms with Crippen LogP contribution < -0.4 is 16.0 Å². The predicted octanol–water partition coefficient (Wildman–Crippen LogP) is 4.64. The Kier molecular flexibility index (Phi) is 6.80. The fourth-order valence-electron chi connectivity index (χ4n) is 2.61. The molecule has 0 saturated carbocycles. The summed E-state index contributed by atoms with van der Waals surface area (Å²) in [7, 11) is 0. The highest BCUT2D eigenvalue weighted by Crippen LogP contribution is 2.22. The summed E-state index contributed by atoms with van der Waals surface area (Å²) >= 11 is 5.25. The van der Waals surface area contributed by atoms with Crippen LogP contribution in [0.25, 0.3) is 0 Å². The van der Waals surface area contributed by atoms with Crippen molar-refractivity contribution in [3.05, 3.63) is 65.2 Å². The normalized spacial score (nSPS) is 11.5. The Balaban J connectivity index is 2.01. The first-order valence-corrected chi connectivity index (χ1v) is 9.91. The summed E-state index contributed by atoms with van der Waals surface area (Å²) in [5.41, 5.74) is 2.51. The van der Waals surface area contributed by atoms with Crippen LogP contribution >= 0.6 is 12.2 Å². The van der Waals surface area contributed by atoms with E-state index in [-0.39, 0.29) is 27.9 Å². The summed E-state index contributed by atoms with van der Waals surface area (Å²) in [6, 6.07) is 14.4. The molecule has 0 spiro atoms. The molecule has 2 rings (SSSR count). The minimum absolute atomic E-state index is 0.0240. The number of hydrogen-bond acceptors (Lipinski definition) is 3. The molecule has 0 atom stereocenters. The zero-order chi connectivity index (χ0) is 21.8. The third-order valence-electron chi connectivity index (χ3n) is 4.11. The summed E-state index contributed by atoms with van der Waals surface area (Å²) in [5, 5.41) is 8.71. The Morgan fingerprint density at radius 3 is 2.00 bits per heavy atom. The van der Waals surface area contributed by atoms with Gasteiger partial charge in [-0.1, -0.05) is 39.0 Å². The molecule has 0 aliphatic heterocycles. The quantitative estimate of drug-likeness (QED) is 0.644. The van der Waals surface area contributed by atoms with Crippen LogP contribution in [0.1, 0.15) is 67.8 Å². The van der Waals surface area contributed by atoms with Crippen molar-refractivity contribution in [1.82, 2.24) is 10.6 Å². The van der Waals surface area contributed by atoms with Crippen molar-refractivity contribution in [3.63, 3.8) is 0 Å². The Labute approximate surface area is 178 Å². The second-order valence-electron chi connectivity index (χ2n) is 9.02. The predicted molar refractivity (Wildman–Crippen MR) is 122 cm³/mol. The van der Waals surface area contributed by atoms with Crippen LogP contribution in [0.4, 0.5) is 5.69 Å². The lowest BCUT2D eigenvalue weighted by atomic mass is 9.87. The molecule has 0 saturated heterocycles. The van der Waals surface area contributed by atoms with Gasteiger partial charge in [-0.25, -0.2) is 0 Å². The van der Waals surface area contributed by atoms with Crippen LogP contribution in [0.15, 0.2) is 48.5 Å². The maximum Gasteiger partial charge on any atom is 0.257 e. The summed E-state index contributed by atoms with van der Waals surface area (Å²) < 4.78 is 0. The molecule has 6 heteroatoms. The van der Waals surface area contributed by atoms with E-state index in [4.69, 9.17) is 12.2 Å². The molecule has 0 aliphatic carbocycles. The van der Waals surface area contributed by atoms with Gasteiger partial charge in [0.15, 0.2) is 5.11 Å². The number of benzene rings is 2. The minimum Gasteiger partial charge on any atom is -0.347 e. The second kappa shape index (κ2) is 8.74. The molecule has 0 radical (unpaired) electrons. The van der Waals surface area contributed by atoms with Gasteiger partial charge in [-0.2, -0.15) is 0 Å². The number of amides is 2. The van der Waals surface area contributed by atoms with Crippen molar-refractivity contribution in [2.75, 3.05) is 5.32 Å². The van der Waals surface area contributed by atoms with Gasteiger partial charge in [0.05, 0.1) is 0 Å². The minimum atomic E-state index is -0.327. The van der Waals surface area contributed by atoms with Crippen LogP contribution in [0.3, 0.4) is 0 Å². The second-order valence-corrected chi connectivity index (χ2v) is 9.43. The highest BCUT2D eigenvalue weighted by atomic mass is 32.1. The molecule has 3 N–H and O–H groups in total. The van der Waals surface area contributed by atoms with Crippen LogP contribution in [0.5, 0.6) is 0 Å². The van der Waals surface area contributed by atoms with Gasteiger partial charge in [0.25, 0.3) is 11.8 Å². The number of carbonyl (C=O) groups excluding carboxylic acids is 2. The summed E-state index contributed by atoms with van der Waals surface area (Å²) in [6.45, 7) is 12.1. The first-order chi connectivity index (χ1) is 13.3. The van der Waals surface area contributed by atoms with E-state index in [0.29, 0.717) is 16.8 Å². The lowest BCUT2D eigenvalue weighted by molar-refractivity contribution is 0.0918. The van der Waals surface area contributed by atoms with Gasteiger partial charge in [0, 0.05) is 22.4 Å². The van der Waals surface area contributed by atoms with E-state index in [2.05, 4.69) is 36.7 Å². The lowest BCUT2D eigenvalue weighted by Gasteiger charge is -2.20. The number of thiocarbonyl (C=S) groups is 1. The highest BCUT2D eigenvalue weighted by Gasteiger charge is 2.16. The third-order valence-corrected chi connectivity index (χ3v) is 4.32. The summed E-state index contributed by atoms with van der Waals surface area (Å²) in [5.74, 6) is -0.459. The smallest absolute Gasteiger partial charge is 0.257 e. The summed E-state index contributed by atoms with van der Waals surface area (Å²) in [6.07, 6.45) is 0. The topological polar surface area (TPSA) is 70.2 Å². The molecule has 0 fully saturated rings. The van der Waals surface area contributed by atoms with E-state index < -0.39 is 0 Å². The van der Waals surface area contributed by atoms with Crippen molar-refractivity contribution in [2.24, 2.45) is 0 Å². The van der Waals surface area contributed by atoms with Crippen LogP contribution in [-0.4, -0.2) is 22.5 Å². The molecule has 2 amide bonds.